The van der Waals surface area contributed by atoms with Crippen LogP contribution in [0.3, 0.4) is 0 Å². The molecule has 0 saturated carbocycles. The quantitative estimate of drug-likeness (QED) is 0.0265. The number of fused-ring (bicyclic) bond motifs is 1. The van der Waals surface area contributed by atoms with Gasteiger partial charge < -0.3 is 31.4 Å². The zero-order chi connectivity index (χ0) is 37.7. The van der Waals surface area contributed by atoms with E-state index < -0.39 is 6.17 Å². The number of aromatic amines is 1. The molecule has 3 aromatic carbocycles. The highest BCUT2D eigenvalue weighted by atomic mass is 16.5. The van der Waals surface area contributed by atoms with Crippen molar-refractivity contribution in [3.05, 3.63) is 124 Å². The lowest BCUT2D eigenvalue weighted by atomic mass is 9.68. The van der Waals surface area contributed by atoms with Gasteiger partial charge in [0.15, 0.2) is 23.1 Å². The average molecular weight is 720 g/mol. The second-order valence-electron chi connectivity index (χ2n) is 14.8. The minimum atomic E-state index is -0.604. The van der Waals surface area contributed by atoms with E-state index in [0.29, 0.717) is 49.0 Å². The normalized spacial score (nSPS) is 16.2. The predicted octanol–water partition coefficient (Wildman–Crippen LogP) is 8.99. The van der Waals surface area contributed by atoms with Crippen LogP contribution in [0.25, 0.3) is 0 Å². The number of rotatable bonds is 20. The van der Waals surface area contributed by atoms with Crippen LogP contribution in [0.1, 0.15) is 127 Å². The van der Waals surface area contributed by atoms with E-state index >= 15 is 0 Å². The van der Waals surface area contributed by atoms with E-state index in [1.54, 1.807) is 42.7 Å². The van der Waals surface area contributed by atoms with Gasteiger partial charge >= 0.3 is 0 Å². The first kappa shape index (κ1) is 39.5. The lowest BCUT2D eigenvalue weighted by Gasteiger charge is -2.34. The molecule has 1 aliphatic carbocycles. The fourth-order valence-electron chi connectivity index (χ4n) is 7.56. The van der Waals surface area contributed by atoms with E-state index in [1.807, 2.05) is 42.5 Å². The number of allylic oxidation sites excluding steroid dienone is 2. The smallest absolute Gasteiger partial charge is 0.168 e. The van der Waals surface area contributed by atoms with Gasteiger partial charge in [0.25, 0.3) is 0 Å². The highest BCUT2D eigenvalue weighted by Crippen LogP contribution is 2.46. The van der Waals surface area contributed by atoms with Crippen LogP contribution in [-0.4, -0.2) is 33.4 Å². The Morgan fingerprint density at radius 3 is 2.45 bits per heavy atom. The highest BCUT2D eigenvalue weighted by Gasteiger charge is 2.37. The van der Waals surface area contributed by atoms with Gasteiger partial charge in [0.2, 0.25) is 0 Å². The lowest BCUT2D eigenvalue weighted by Crippen LogP contribution is -2.29. The fraction of sp³-hybridized carbons (Fsp3) is 0.422. The number of aromatic hydroxyl groups is 2. The largest absolute Gasteiger partial charge is 0.508 e. The van der Waals surface area contributed by atoms with Crippen LogP contribution in [0.4, 0.5) is 0 Å². The van der Waals surface area contributed by atoms with Gasteiger partial charge in [-0.05, 0) is 96.2 Å². The molecule has 282 valence electrons. The number of unbranched alkanes of at least 4 members (excludes halogenated alkanes) is 3. The van der Waals surface area contributed by atoms with E-state index in [0.717, 1.165) is 46.6 Å². The van der Waals surface area contributed by atoms with Crippen LogP contribution in [0.2, 0.25) is 0 Å². The number of nitrogens with two attached hydrogens (primary N) is 2. The molecule has 0 radical (unpaired) electrons. The number of Topliss-reactive ketones (excluding diaryl/α,β-unsaturated/α-hetero) is 1. The van der Waals surface area contributed by atoms with Crippen LogP contribution >= 0.6 is 0 Å². The Morgan fingerprint density at radius 1 is 0.925 bits per heavy atom. The Labute approximate surface area is 314 Å². The summed E-state index contributed by atoms with van der Waals surface area (Å²) in [7, 11) is 0. The molecule has 1 aliphatic rings. The minimum absolute atomic E-state index is 0.0286. The van der Waals surface area contributed by atoms with Gasteiger partial charge in [-0.1, -0.05) is 88.4 Å². The number of carbonyl (C=O) groups excluding carboxylic acids is 2. The van der Waals surface area contributed by atoms with Crippen LogP contribution in [-0.2, 0) is 24.1 Å². The molecule has 5 rings (SSSR count). The zero-order valence-electron chi connectivity index (χ0n) is 31.4. The number of carbonyl (C=O) groups is 2. The van der Waals surface area contributed by atoms with E-state index in [-0.39, 0.29) is 41.5 Å². The molecule has 0 fully saturated rings. The van der Waals surface area contributed by atoms with E-state index in [2.05, 4.69) is 18.8 Å². The molecule has 0 amide bonds. The maximum atomic E-state index is 13.8. The second-order valence-corrected chi connectivity index (χ2v) is 14.8. The molecule has 1 aromatic heterocycles. The van der Waals surface area contributed by atoms with Gasteiger partial charge in [0, 0.05) is 48.2 Å². The van der Waals surface area contributed by atoms with Crippen molar-refractivity contribution in [1.29, 1.82) is 0 Å². The van der Waals surface area contributed by atoms with E-state index in [9.17, 15) is 19.8 Å². The second kappa shape index (κ2) is 19.4. The molecule has 0 saturated heterocycles. The number of ketones is 2. The number of H-pyrrole nitrogens is 1. The Kier molecular flexibility index (Phi) is 14.5. The van der Waals surface area contributed by atoms with Crippen LogP contribution in [0.5, 0.6) is 17.2 Å². The third-order valence-corrected chi connectivity index (χ3v) is 10.7. The summed E-state index contributed by atoms with van der Waals surface area (Å²) in [6.07, 6.45) is 17.7. The number of phenols is 2. The molecule has 1 heterocycles. The molecule has 0 unspecified atom stereocenters. The first-order chi connectivity index (χ1) is 25.6. The number of hydrogen-bond acceptors (Lipinski definition) is 7. The zero-order valence-corrected chi connectivity index (χ0v) is 31.4. The van der Waals surface area contributed by atoms with Crippen molar-refractivity contribution in [2.45, 2.75) is 103 Å². The summed E-state index contributed by atoms with van der Waals surface area (Å²) in [5.41, 5.74) is 18.0. The van der Waals surface area contributed by atoms with Gasteiger partial charge in [-0.3, -0.25) is 9.59 Å². The number of ether oxygens (including phenoxy) is 1. The summed E-state index contributed by atoms with van der Waals surface area (Å²) in [4.78, 5) is 29.4. The van der Waals surface area contributed by atoms with Crippen molar-refractivity contribution in [1.82, 2.24) is 4.98 Å². The molecule has 8 heteroatoms. The maximum absolute atomic E-state index is 13.8. The summed E-state index contributed by atoms with van der Waals surface area (Å²) in [5.74, 6) is 0.655. The summed E-state index contributed by atoms with van der Waals surface area (Å²) in [6.45, 7) is 4.84. The van der Waals surface area contributed by atoms with Gasteiger partial charge in [0.1, 0.15) is 5.75 Å². The van der Waals surface area contributed by atoms with Gasteiger partial charge in [-0.2, -0.15) is 0 Å². The number of aromatic nitrogens is 1. The molecule has 7 N–H and O–H groups in total. The molecule has 3 atom stereocenters. The molecular weight excluding hydrogens is 663 g/mol. The number of benzene rings is 3. The van der Waals surface area contributed by atoms with Gasteiger partial charge in [0.05, 0.1) is 12.8 Å². The summed E-state index contributed by atoms with van der Waals surface area (Å²) >= 11 is 0. The Bertz CT molecular complexity index is 1830. The minimum Gasteiger partial charge on any atom is -0.508 e. The third-order valence-electron chi connectivity index (χ3n) is 10.7. The SMILES string of the molecule is CCCCC[C@H](C)CCC/C=C/C(=O)CCc1ccc(O)c(OCCc2ccc(O)c([C@@H]3c4ccc(C(N)N)cc4CC[C@H]3C(=O)c3cc[nH]c3)c2)c1. The van der Waals surface area contributed by atoms with Gasteiger partial charge in [-0.25, -0.2) is 0 Å². The fourth-order valence-corrected chi connectivity index (χ4v) is 7.56. The van der Waals surface area contributed by atoms with Crippen LogP contribution < -0.4 is 16.2 Å². The first-order valence-corrected chi connectivity index (χ1v) is 19.4. The van der Waals surface area contributed by atoms with Crippen molar-refractivity contribution >= 4 is 11.6 Å². The van der Waals surface area contributed by atoms with Crippen LogP contribution in [0.15, 0.2) is 85.2 Å². The van der Waals surface area contributed by atoms with Crippen molar-refractivity contribution in [3.63, 3.8) is 0 Å². The predicted molar refractivity (Wildman–Crippen MR) is 211 cm³/mol. The van der Waals surface area contributed by atoms with Gasteiger partial charge in [-0.15, -0.1) is 0 Å². The van der Waals surface area contributed by atoms with Crippen molar-refractivity contribution in [2.75, 3.05) is 6.61 Å². The Hall–Kier alpha value is -4.66. The molecule has 4 aromatic rings. The highest BCUT2D eigenvalue weighted by molar-refractivity contribution is 5.99. The molecule has 53 heavy (non-hydrogen) atoms. The maximum Gasteiger partial charge on any atom is 0.168 e. The average Bonchev–Trinajstić information content (AvgIpc) is 3.70. The standard InChI is InChI=1S/C45H57N3O5/c1-3-4-6-9-30(2)10-7-5-8-11-36(49)17-12-31-14-21-41(51)42(27-31)53-25-23-32-13-20-40(50)39(26-32)43-37-18-16-34(45(46)47)28-33(37)15-19-38(43)44(52)35-22-24-48-29-35/h8,11,13-14,16,18,20-22,24,26-30,38,43,45,48,50-51H,3-7,9-10,12,15,17,19,23,25,46-47H2,1-2H3/b11-8+/t30-,38+,43+/m0/s1. The molecular formula is C45H57N3O5. The molecule has 0 spiro atoms. The third kappa shape index (κ3) is 10.9. The van der Waals surface area contributed by atoms with Crippen LogP contribution in [0, 0.1) is 11.8 Å². The topological polar surface area (TPSA) is 152 Å². The molecule has 8 nitrogen and oxygen atoms in total. The summed E-state index contributed by atoms with van der Waals surface area (Å²) in [6, 6.07) is 18.4. The number of hydrogen-bond donors (Lipinski definition) is 5. The Balaban J connectivity index is 1.20. The Morgan fingerprint density at radius 2 is 1.70 bits per heavy atom. The monoisotopic (exact) mass is 719 g/mol. The van der Waals surface area contributed by atoms with E-state index in [4.69, 9.17) is 16.2 Å². The molecule has 0 bridgehead atoms. The van der Waals surface area contributed by atoms with Crippen molar-refractivity contribution in [2.24, 2.45) is 23.3 Å². The van der Waals surface area contributed by atoms with E-state index in [1.165, 1.54) is 32.1 Å². The number of phenolic OH excluding ortho intramolecular Hbond substituents is 2. The summed E-state index contributed by atoms with van der Waals surface area (Å²) in [5, 5.41) is 21.8. The number of aryl methyl sites for hydroxylation is 2. The molecule has 0 aliphatic heterocycles. The lowest BCUT2D eigenvalue weighted by molar-refractivity contribution is -0.114. The van der Waals surface area contributed by atoms with Crippen molar-refractivity contribution < 1.29 is 24.5 Å². The van der Waals surface area contributed by atoms with Crippen molar-refractivity contribution in [3.8, 4) is 17.2 Å². The number of nitrogens with one attached hydrogen (secondary N) is 1. The first-order valence-electron chi connectivity index (χ1n) is 19.4. The summed E-state index contributed by atoms with van der Waals surface area (Å²) < 4.78 is 6.05.